The Hall–Kier alpha value is -0.530. The molecule has 0 saturated carbocycles. The zero-order chi connectivity index (χ0) is 16.5. The van der Waals surface area contributed by atoms with E-state index >= 15 is 0 Å². The average molecular weight is 313 g/mol. The van der Waals surface area contributed by atoms with Crippen LogP contribution >= 0.6 is 0 Å². The molecule has 132 valence electrons. The lowest BCUT2D eigenvalue weighted by atomic mass is 9.96. The summed E-state index contributed by atoms with van der Waals surface area (Å²) < 4.78 is 4.65. The molecule has 0 rings (SSSR count). The highest BCUT2D eigenvalue weighted by Crippen LogP contribution is 2.18. The Bertz CT molecular complexity index is 238. The standard InChI is InChI=1S/C20H40O2/c1-4-5-6-7-8-9-10-11-13-16-19(2)17-14-12-15-18-20(21)22-3/h19H,4-18H2,1-3H3/t19-/m1/s1. The van der Waals surface area contributed by atoms with Crippen LogP contribution < -0.4 is 0 Å². The molecule has 0 N–H and O–H groups in total. The fourth-order valence-corrected chi connectivity index (χ4v) is 2.99. The number of carbonyl (C=O) groups is 1. The molecular formula is C20H40O2. The molecular weight excluding hydrogens is 272 g/mol. The first-order valence-corrected chi connectivity index (χ1v) is 9.77. The number of rotatable bonds is 16. The second kappa shape index (κ2) is 16.8. The number of hydrogen-bond acceptors (Lipinski definition) is 2. The van der Waals surface area contributed by atoms with Crippen LogP contribution in [0.5, 0.6) is 0 Å². The van der Waals surface area contributed by atoms with Gasteiger partial charge in [-0.1, -0.05) is 97.3 Å². The van der Waals surface area contributed by atoms with Crippen molar-refractivity contribution in [2.75, 3.05) is 7.11 Å². The van der Waals surface area contributed by atoms with Gasteiger partial charge in [0.05, 0.1) is 7.11 Å². The summed E-state index contributed by atoms with van der Waals surface area (Å²) >= 11 is 0. The number of esters is 1. The topological polar surface area (TPSA) is 26.3 Å². The molecule has 1 atom stereocenters. The maximum atomic E-state index is 11.0. The third-order valence-corrected chi connectivity index (χ3v) is 4.61. The Morgan fingerprint density at radius 3 is 1.73 bits per heavy atom. The number of hydrogen-bond donors (Lipinski definition) is 0. The normalized spacial score (nSPS) is 12.3. The summed E-state index contributed by atoms with van der Waals surface area (Å²) in [5.41, 5.74) is 0. The van der Waals surface area contributed by atoms with Gasteiger partial charge in [0, 0.05) is 6.42 Å². The monoisotopic (exact) mass is 312 g/mol. The first-order valence-electron chi connectivity index (χ1n) is 9.77. The van der Waals surface area contributed by atoms with Gasteiger partial charge in [-0.2, -0.15) is 0 Å². The van der Waals surface area contributed by atoms with Crippen LogP contribution in [0.3, 0.4) is 0 Å². The fourth-order valence-electron chi connectivity index (χ4n) is 2.99. The largest absolute Gasteiger partial charge is 0.469 e. The van der Waals surface area contributed by atoms with Gasteiger partial charge in [-0.25, -0.2) is 0 Å². The molecule has 0 unspecified atom stereocenters. The van der Waals surface area contributed by atoms with Crippen LogP contribution in [-0.4, -0.2) is 13.1 Å². The molecule has 0 aliphatic carbocycles. The van der Waals surface area contributed by atoms with Gasteiger partial charge < -0.3 is 4.74 Å². The van der Waals surface area contributed by atoms with Crippen molar-refractivity contribution in [2.45, 2.75) is 110 Å². The molecule has 0 heterocycles. The molecule has 0 aromatic carbocycles. The van der Waals surface area contributed by atoms with Gasteiger partial charge in [-0.3, -0.25) is 4.79 Å². The van der Waals surface area contributed by atoms with Gasteiger partial charge in [0.15, 0.2) is 0 Å². The Morgan fingerprint density at radius 1 is 0.773 bits per heavy atom. The molecule has 0 amide bonds. The zero-order valence-corrected chi connectivity index (χ0v) is 15.5. The highest BCUT2D eigenvalue weighted by atomic mass is 16.5. The summed E-state index contributed by atoms with van der Waals surface area (Å²) in [7, 11) is 1.47. The van der Waals surface area contributed by atoms with Crippen LogP contribution in [0.25, 0.3) is 0 Å². The molecule has 0 aromatic rings. The van der Waals surface area contributed by atoms with Gasteiger partial charge in [0.2, 0.25) is 0 Å². The maximum Gasteiger partial charge on any atom is 0.305 e. The van der Waals surface area contributed by atoms with Crippen LogP contribution in [-0.2, 0) is 9.53 Å². The van der Waals surface area contributed by atoms with Gasteiger partial charge in [0.25, 0.3) is 0 Å². The van der Waals surface area contributed by atoms with Gasteiger partial charge in [0.1, 0.15) is 0 Å². The summed E-state index contributed by atoms with van der Waals surface area (Å²) in [6.45, 7) is 4.66. The van der Waals surface area contributed by atoms with Gasteiger partial charge in [-0.15, -0.1) is 0 Å². The number of ether oxygens (including phenoxy) is 1. The highest BCUT2D eigenvalue weighted by Gasteiger charge is 2.03. The van der Waals surface area contributed by atoms with Crippen molar-refractivity contribution < 1.29 is 9.53 Å². The Balaban J connectivity index is 3.19. The number of carbonyl (C=O) groups excluding carboxylic acids is 1. The van der Waals surface area contributed by atoms with E-state index in [1.165, 1.54) is 84.2 Å². The van der Waals surface area contributed by atoms with E-state index in [0.29, 0.717) is 6.42 Å². The Kier molecular flexibility index (Phi) is 16.4. The predicted octanol–water partition coefficient (Wildman–Crippen LogP) is 6.67. The van der Waals surface area contributed by atoms with Gasteiger partial charge in [-0.05, 0) is 12.3 Å². The van der Waals surface area contributed by atoms with Crippen molar-refractivity contribution in [3.05, 3.63) is 0 Å². The van der Waals surface area contributed by atoms with Crippen molar-refractivity contribution in [3.8, 4) is 0 Å². The second-order valence-electron chi connectivity index (χ2n) is 6.90. The van der Waals surface area contributed by atoms with E-state index in [-0.39, 0.29) is 5.97 Å². The molecule has 22 heavy (non-hydrogen) atoms. The Morgan fingerprint density at radius 2 is 1.23 bits per heavy atom. The maximum absolute atomic E-state index is 11.0. The molecule has 2 heteroatoms. The lowest BCUT2D eigenvalue weighted by Crippen LogP contribution is -2.00. The molecule has 0 radical (unpaired) electrons. The van der Waals surface area contributed by atoms with Crippen LogP contribution in [0.1, 0.15) is 110 Å². The van der Waals surface area contributed by atoms with E-state index < -0.39 is 0 Å². The minimum absolute atomic E-state index is 0.0669. The SMILES string of the molecule is CCCCCCCCCCC[C@@H](C)CCCCCC(=O)OC. The van der Waals surface area contributed by atoms with Crippen LogP contribution in [0.15, 0.2) is 0 Å². The molecule has 0 fully saturated rings. The first-order chi connectivity index (χ1) is 10.7. The molecule has 0 saturated heterocycles. The molecule has 2 nitrogen and oxygen atoms in total. The number of methoxy groups -OCH3 is 1. The predicted molar refractivity (Wildman–Crippen MR) is 96.1 cm³/mol. The van der Waals surface area contributed by atoms with E-state index in [1.807, 2.05) is 0 Å². The summed E-state index contributed by atoms with van der Waals surface area (Å²) in [5.74, 6) is 0.783. The zero-order valence-electron chi connectivity index (χ0n) is 15.5. The van der Waals surface area contributed by atoms with Crippen LogP contribution in [0, 0.1) is 5.92 Å². The summed E-state index contributed by atoms with van der Waals surface area (Å²) in [6.07, 6.45) is 19.5. The third-order valence-electron chi connectivity index (χ3n) is 4.61. The summed E-state index contributed by atoms with van der Waals surface area (Å²) in [6, 6.07) is 0. The van der Waals surface area contributed by atoms with Crippen molar-refractivity contribution in [3.63, 3.8) is 0 Å². The lowest BCUT2D eigenvalue weighted by molar-refractivity contribution is -0.140. The molecule has 0 aromatic heterocycles. The smallest absolute Gasteiger partial charge is 0.305 e. The second-order valence-corrected chi connectivity index (χ2v) is 6.90. The highest BCUT2D eigenvalue weighted by molar-refractivity contribution is 5.68. The molecule has 0 aliphatic rings. The van der Waals surface area contributed by atoms with E-state index in [4.69, 9.17) is 0 Å². The third kappa shape index (κ3) is 15.9. The number of unbranched alkanes of at least 4 members (excludes halogenated alkanes) is 10. The van der Waals surface area contributed by atoms with E-state index in [2.05, 4.69) is 18.6 Å². The average Bonchev–Trinajstić information content (AvgIpc) is 2.52. The van der Waals surface area contributed by atoms with E-state index in [9.17, 15) is 4.79 Å². The minimum atomic E-state index is -0.0669. The molecule has 0 aliphatic heterocycles. The fraction of sp³-hybridized carbons (Fsp3) is 0.950. The quantitative estimate of drug-likeness (QED) is 0.235. The Labute approximate surface area is 139 Å². The lowest BCUT2D eigenvalue weighted by Gasteiger charge is -2.11. The van der Waals surface area contributed by atoms with Crippen molar-refractivity contribution in [1.82, 2.24) is 0 Å². The van der Waals surface area contributed by atoms with Crippen molar-refractivity contribution in [2.24, 2.45) is 5.92 Å². The van der Waals surface area contributed by atoms with Crippen LogP contribution in [0.4, 0.5) is 0 Å². The van der Waals surface area contributed by atoms with Crippen molar-refractivity contribution in [1.29, 1.82) is 0 Å². The molecule has 0 spiro atoms. The molecule has 0 bridgehead atoms. The van der Waals surface area contributed by atoms with Gasteiger partial charge >= 0.3 is 5.97 Å². The summed E-state index contributed by atoms with van der Waals surface area (Å²) in [5, 5.41) is 0. The minimum Gasteiger partial charge on any atom is -0.469 e. The van der Waals surface area contributed by atoms with Crippen molar-refractivity contribution >= 4 is 5.97 Å². The van der Waals surface area contributed by atoms with Crippen LogP contribution in [0.2, 0.25) is 0 Å². The first kappa shape index (κ1) is 21.5. The van der Waals surface area contributed by atoms with E-state index in [1.54, 1.807) is 0 Å². The van der Waals surface area contributed by atoms with E-state index in [0.717, 1.165) is 18.8 Å². The summed E-state index contributed by atoms with van der Waals surface area (Å²) in [4.78, 5) is 11.0.